The van der Waals surface area contributed by atoms with E-state index in [9.17, 15) is 0 Å². The van der Waals surface area contributed by atoms with Gasteiger partial charge >= 0.3 is 0 Å². The van der Waals surface area contributed by atoms with Crippen LogP contribution in [0, 0.1) is 6.92 Å². The lowest BCUT2D eigenvalue weighted by Crippen LogP contribution is -2.03. The maximum atomic E-state index is 5.60. The number of aryl methyl sites for hydroxylation is 1. The maximum absolute atomic E-state index is 5.60. The van der Waals surface area contributed by atoms with E-state index >= 15 is 0 Å². The molecule has 1 N–H and O–H groups in total. The number of thiocarbonyl (C=S) groups is 1. The van der Waals surface area contributed by atoms with Gasteiger partial charge in [0, 0.05) is 15.8 Å². The topological polar surface area (TPSA) is 21.3 Å². The molecule has 24 heavy (non-hydrogen) atoms. The first kappa shape index (κ1) is 18.6. The van der Waals surface area contributed by atoms with Crippen molar-refractivity contribution in [2.45, 2.75) is 26.0 Å². The number of benzene rings is 2. The molecule has 0 saturated carbocycles. The average Bonchev–Trinajstić information content (AvgIpc) is 2.56. The lowest BCUT2D eigenvalue weighted by atomic mass is 10.1. The quantitative estimate of drug-likeness (QED) is 0.383. The molecule has 2 aromatic rings. The van der Waals surface area contributed by atoms with Crippen LogP contribution < -0.4 is 10.1 Å². The molecule has 0 aromatic heterocycles. The van der Waals surface area contributed by atoms with Gasteiger partial charge in [-0.3, -0.25) is 0 Å². The largest absolute Gasteiger partial charge is 0.497 e. The summed E-state index contributed by atoms with van der Waals surface area (Å²) in [5, 5.41) is 4.99. The summed E-state index contributed by atoms with van der Waals surface area (Å²) in [7, 11) is 1.66. The molecular weight excluding hydrogens is 334 g/mol. The van der Waals surface area contributed by atoms with E-state index in [1.807, 2.05) is 30.3 Å². The highest BCUT2D eigenvalue weighted by molar-refractivity contribution is 8.03. The van der Waals surface area contributed by atoms with Crippen LogP contribution in [0.3, 0.4) is 0 Å². The third kappa shape index (κ3) is 5.69. The van der Waals surface area contributed by atoms with E-state index in [2.05, 4.69) is 50.4 Å². The van der Waals surface area contributed by atoms with Crippen LogP contribution in [0.25, 0.3) is 0 Å². The number of nitrogens with one attached hydrogen (secondary N) is 1. The van der Waals surface area contributed by atoms with Crippen LogP contribution in [0.5, 0.6) is 5.75 Å². The predicted molar refractivity (Wildman–Crippen MR) is 110 cm³/mol. The summed E-state index contributed by atoms with van der Waals surface area (Å²) >= 11 is 7.36. The molecule has 0 aliphatic rings. The Labute approximate surface area is 154 Å². The van der Waals surface area contributed by atoms with Crippen molar-refractivity contribution < 1.29 is 4.74 Å². The first-order valence-corrected chi connectivity index (χ1v) is 9.17. The van der Waals surface area contributed by atoms with Gasteiger partial charge in [0.1, 0.15) is 5.75 Å². The van der Waals surface area contributed by atoms with E-state index in [-0.39, 0.29) is 0 Å². The number of ether oxygens (including phenoxy) is 1. The Morgan fingerprint density at radius 1 is 1.08 bits per heavy atom. The lowest BCUT2D eigenvalue weighted by molar-refractivity contribution is 0.415. The second-order valence-corrected chi connectivity index (χ2v) is 7.82. The zero-order valence-corrected chi connectivity index (χ0v) is 16.1. The van der Waals surface area contributed by atoms with E-state index in [1.54, 1.807) is 18.9 Å². The number of methoxy groups -OCH3 is 1. The van der Waals surface area contributed by atoms with Crippen LogP contribution >= 0.6 is 24.0 Å². The van der Waals surface area contributed by atoms with Crippen LogP contribution in [0.15, 0.2) is 59.6 Å². The second kappa shape index (κ2) is 8.90. The number of hydrogen-bond donors (Lipinski definition) is 1. The zero-order valence-electron chi connectivity index (χ0n) is 14.5. The third-order valence-electron chi connectivity index (χ3n) is 3.32. The van der Waals surface area contributed by atoms with E-state index < -0.39 is 0 Å². The second-order valence-electron chi connectivity index (χ2n) is 5.76. The van der Waals surface area contributed by atoms with Gasteiger partial charge < -0.3 is 10.1 Å². The highest BCUT2D eigenvalue weighted by Gasteiger charge is 2.06. The number of allylic oxidation sites excluding steroid dienone is 1. The van der Waals surface area contributed by atoms with Crippen LogP contribution in [0.4, 0.5) is 5.69 Å². The van der Waals surface area contributed by atoms with Crippen molar-refractivity contribution in [2.24, 2.45) is 0 Å². The van der Waals surface area contributed by atoms with Crippen molar-refractivity contribution in [2.75, 3.05) is 12.4 Å². The van der Waals surface area contributed by atoms with Gasteiger partial charge in [-0.1, -0.05) is 43.8 Å². The fraction of sp³-hybridized carbons (Fsp3) is 0.250. The Morgan fingerprint density at radius 2 is 1.71 bits per heavy atom. The van der Waals surface area contributed by atoms with Crippen molar-refractivity contribution >= 4 is 34.5 Å². The zero-order chi connectivity index (χ0) is 17.5. The van der Waals surface area contributed by atoms with Crippen molar-refractivity contribution in [3.63, 3.8) is 0 Å². The first-order chi connectivity index (χ1) is 11.5. The first-order valence-electron chi connectivity index (χ1n) is 7.88. The molecule has 0 fully saturated rings. The molecule has 0 amide bonds. The molecule has 0 heterocycles. The smallest absolute Gasteiger partial charge is 0.118 e. The Kier molecular flexibility index (Phi) is 6.88. The van der Waals surface area contributed by atoms with E-state index in [0.717, 1.165) is 26.9 Å². The molecule has 0 aliphatic heterocycles. The molecule has 0 unspecified atom stereocenters. The van der Waals surface area contributed by atoms with Crippen molar-refractivity contribution in [1.29, 1.82) is 0 Å². The monoisotopic (exact) mass is 357 g/mol. The van der Waals surface area contributed by atoms with Gasteiger partial charge in [0.25, 0.3) is 0 Å². The molecule has 2 rings (SSSR count). The summed E-state index contributed by atoms with van der Waals surface area (Å²) in [6.45, 7) is 6.43. The van der Waals surface area contributed by atoms with Gasteiger partial charge in [0.05, 0.1) is 12.1 Å². The highest BCUT2D eigenvalue weighted by atomic mass is 32.2. The van der Waals surface area contributed by atoms with Gasteiger partial charge in [-0.15, -0.1) is 11.8 Å². The molecule has 0 atom stereocenters. The van der Waals surface area contributed by atoms with E-state index in [4.69, 9.17) is 17.0 Å². The fourth-order valence-corrected chi connectivity index (χ4v) is 3.29. The molecule has 0 bridgehead atoms. The lowest BCUT2D eigenvalue weighted by Gasteiger charge is -2.14. The molecule has 126 valence electrons. The normalized spacial score (nSPS) is 11.5. The van der Waals surface area contributed by atoms with E-state index in [1.165, 1.54) is 5.56 Å². The highest BCUT2D eigenvalue weighted by Crippen LogP contribution is 2.25. The van der Waals surface area contributed by atoms with Crippen molar-refractivity contribution in [3.05, 3.63) is 70.8 Å². The van der Waals surface area contributed by atoms with Crippen LogP contribution in [-0.4, -0.2) is 17.2 Å². The number of rotatable bonds is 7. The predicted octanol–water partition coefficient (Wildman–Crippen LogP) is 5.82. The summed E-state index contributed by atoms with van der Waals surface area (Å²) in [5.74, 6) is 0.833. The molecule has 0 spiro atoms. The number of thioether (sulfide) groups is 1. The van der Waals surface area contributed by atoms with Gasteiger partial charge in [-0.25, -0.2) is 0 Å². The average molecular weight is 358 g/mol. The molecular formula is C20H23NOS2. The summed E-state index contributed by atoms with van der Waals surface area (Å²) in [5.41, 5.74) is 3.33. The summed E-state index contributed by atoms with van der Waals surface area (Å²) < 4.78 is 5.20. The standard InChI is InChI=1S/C20H23NOS2/c1-14(2)24-20(21-17-9-5-15(3)6-10-17)13-19(23)16-7-11-18(22-4)12-8-16/h5-14,21H,1-4H3/b20-13+. The van der Waals surface area contributed by atoms with Crippen LogP contribution in [0.1, 0.15) is 25.0 Å². The minimum Gasteiger partial charge on any atom is -0.497 e. The van der Waals surface area contributed by atoms with Gasteiger partial charge in [0.15, 0.2) is 0 Å². The van der Waals surface area contributed by atoms with Gasteiger partial charge in [-0.2, -0.15) is 0 Å². The van der Waals surface area contributed by atoms with E-state index in [0.29, 0.717) is 5.25 Å². The fourth-order valence-electron chi connectivity index (χ4n) is 2.09. The minimum atomic E-state index is 0.466. The molecule has 4 heteroatoms. The number of hydrogen-bond acceptors (Lipinski definition) is 4. The molecule has 2 aromatic carbocycles. The van der Waals surface area contributed by atoms with Gasteiger partial charge in [0.2, 0.25) is 0 Å². The maximum Gasteiger partial charge on any atom is 0.118 e. The summed E-state index contributed by atoms with van der Waals surface area (Å²) in [6, 6.07) is 16.2. The molecule has 0 aliphatic carbocycles. The van der Waals surface area contributed by atoms with Crippen molar-refractivity contribution in [3.8, 4) is 5.75 Å². The Morgan fingerprint density at radius 3 is 2.25 bits per heavy atom. The summed E-state index contributed by atoms with van der Waals surface area (Å²) in [6.07, 6.45) is 2.03. The molecule has 2 nitrogen and oxygen atoms in total. The van der Waals surface area contributed by atoms with Crippen molar-refractivity contribution in [1.82, 2.24) is 0 Å². The molecule has 0 saturated heterocycles. The Hall–Kier alpha value is -1.78. The third-order valence-corrected chi connectivity index (χ3v) is 4.62. The number of anilines is 1. The summed E-state index contributed by atoms with van der Waals surface area (Å²) in [4.78, 5) is 0.806. The Balaban J connectivity index is 2.19. The van der Waals surface area contributed by atoms with Crippen LogP contribution in [0.2, 0.25) is 0 Å². The van der Waals surface area contributed by atoms with Gasteiger partial charge in [-0.05, 0) is 55.0 Å². The Bertz CT molecular complexity index is 703. The molecule has 0 radical (unpaired) electrons. The van der Waals surface area contributed by atoms with Crippen LogP contribution in [-0.2, 0) is 0 Å². The SMILES string of the molecule is COc1ccc(C(=S)/C=C(\Nc2ccc(C)cc2)SC(C)C)cc1. The minimum absolute atomic E-state index is 0.466.